The summed E-state index contributed by atoms with van der Waals surface area (Å²) >= 11 is 0. The molecule has 1 aromatic rings. The van der Waals surface area contributed by atoms with Gasteiger partial charge in [0.15, 0.2) is 5.82 Å². The van der Waals surface area contributed by atoms with Gasteiger partial charge < -0.3 is 10.3 Å². The number of hydrogen-bond donors (Lipinski definition) is 1. The maximum absolute atomic E-state index is 5.95. The van der Waals surface area contributed by atoms with Gasteiger partial charge in [0.1, 0.15) is 0 Å². The second-order valence-corrected chi connectivity index (χ2v) is 6.17. The average Bonchev–Trinajstić information content (AvgIpc) is 2.64. The third kappa shape index (κ3) is 3.53. The third-order valence-corrected chi connectivity index (χ3v) is 3.47. The van der Waals surface area contributed by atoms with Gasteiger partial charge in [-0.15, -0.1) is 0 Å². The Morgan fingerprint density at radius 2 is 1.94 bits per heavy atom. The molecule has 0 unspecified atom stereocenters. The predicted octanol–water partition coefficient (Wildman–Crippen LogP) is 2.64. The first-order valence-corrected chi connectivity index (χ1v) is 6.55. The van der Waals surface area contributed by atoms with E-state index < -0.39 is 0 Å². The summed E-state index contributed by atoms with van der Waals surface area (Å²) in [6.07, 6.45) is 5.56. The first-order valence-electron chi connectivity index (χ1n) is 6.55. The molecule has 1 fully saturated rings. The minimum Gasteiger partial charge on any atom is -0.339 e. The molecule has 96 valence electrons. The fourth-order valence-corrected chi connectivity index (χ4v) is 2.41. The number of hydrogen-bond acceptors (Lipinski definition) is 4. The fraction of sp³-hybridized carbons (Fsp3) is 0.846. The molecule has 0 amide bonds. The van der Waals surface area contributed by atoms with E-state index in [0.717, 1.165) is 11.7 Å². The van der Waals surface area contributed by atoms with E-state index in [2.05, 4.69) is 17.1 Å². The van der Waals surface area contributed by atoms with Crippen LogP contribution in [-0.4, -0.2) is 15.7 Å². The molecule has 4 heteroatoms. The van der Waals surface area contributed by atoms with Crippen LogP contribution in [0.4, 0.5) is 0 Å². The van der Waals surface area contributed by atoms with Crippen LogP contribution in [0.1, 0.15) is 64.1 Å². The van der Waals surface area contributed by atoms with Gasteiger partial charge in [0.2, 0.25) is 5.89 Å². The molecule has 0 saturated heterocycles. The van der Waals surface area contributed by atoms with Crippen LogP contribution in [-0.2, 0) is 6.42 Å². The number of nitrogens with two attached hydrogens (primary N) is 1. The van der Waals surface area contributed by atoms with Crippen molar-refractivity contribution in [3.8, 4) is 0 Å². The van der Waals surface area contributed by atoms with E-state index in [1.54, 1.807) is 0 Å². The van der Waals surface area contributed by atoms with E-state index in [9.17, 15) is 0 Å². The fourth-order valence-electron chi connectivity index (χ4n) is 2.41. The van der Waals surface area contributed by atoms with Gasteiger partial charge in [-0.2, -0.15) is 4.98 Å². The minimum atomic E-state index is -0.287. The first kappa shape index (κ1) is 12.6. The van der Waals surface area contributed by atoms with E-state index in [0.29, 0.717) is 18.2 Å². The highest BCUT2D eigenvalue weighted by Gasteiger charge is 2.25. The molecule has 0 radical (unpaired) electrons. The number of rotatable bonds is 3. The molecular formula is C13H23N3O. The lowest BCUT2D eigenvalue weighted by Gasteiger charge is -2.23. The van der Waals surface area contributed by atoms with Crippen LogP contribution in [0.25, 0.3) is 0 Å². The Labute approximate surface area is 103 Å². The van der Waals surface area contributed by atoms with Crippen LogP contribution in [0.5, 0.6) is 0 Å². The van der Waals surface area contributed by atoms with E-state index in [1.807, 2.05) is 13.8 Å². The normalized spacial score (nSPS) is 26.1. The zero-order valence-electron chi connectivity index (χ0n) is 11.1. The van der Waals surface area contributed by atoms with Gasteiger partial charge in [-0.3, -0.25) is 0 Å². The standard InChI is InChI=1S/C13H23N3O/c1-9-4-6-10(7-5-9)12-15-11(17-16-12)8-13(2,3)14/h9-10H,4-8,14H2,1-3H3. The summed E-state index contributed by atoms with van der Waals surface area (Å²) in [4.78, 5) is 4.49. The smallest absolute Gasteiger partial charge is 0.228 e. The van der Waals surface area contributed by atoms with Crippen molar-refractivity contribution in [1.82, 2.24) is 10.1 Å². The van der Waals surface area contributed by atoms with Crippen molar-refractivity contribution in [2.24, 2.45) is 11.7 Å². The van der Waals surface area contributed by atoms with Gasteiger partial charge in [0.05, 0.1) is 0 Å². The van der Waals surface area contributed by atoms with Gasteiger partial charge in [0, 0.05) is 17.9 Å². The second-order valence-electron chi connectivity index (χ2n) is 6.17. The topological polar surface area (TPSA) is 64.9 Å². The summed E-state index contributed by atoms with van der Waals surface area (Å²) in [5.74, 6) is 2.90. The quantitative estimate of drug-likeness (QED) is 0.877. The van der Waals surface area contributed by atoms with Crippen molar-refractivity contribution in [2.75, 3.05) is 0 Å². The van der Waals surface area contributed by atoms with Crippen LogP contribution >= 0.6 is 0 Å². The van der Waals surface area contributed by atoms with Gasteiger partial charge >= 0.3 is 0 Å². The summed E-state index contributed by atoms with van der Waals surface area (Å²) in [5, 5.41) is 4.11. The average molecular weight is 237 g/mol. The maximum Gasteiger partial charge on any atom is 0.228 e. The third-order valence-electron chi connectivity index (χ3n) is 3.47. The molecule has 0 atom stereocenters. The molecule has 2 rings (SSSR count). The van der Waals surface area contributed by atoms with Crippen molar-refractivity contribution in [3.05, 3.63) is 11.7 Å². The zero-order valence-corrected chi connectivity index (χ0v) is 11.1. The highest BCUT2D eigenvalue weighted by molar-refractivity contribution is 4.99. The van der Waals surface area contributed by atoms with E-state index in [-0.39, 0.29) is 5.54 Å². The molecule has 1 heterocycles. The summed E-state index contributed by atoms with van der Waals surface area (Å²) in [6, 6.07) is 0. The van der Waals surface area contributed by atoms with Crippen LogP contribution in [0.2, 0.25) is 0 Å². The molecule has 0 spiro atoms. The summed E-state index contributed by atoms with van der Waals surface area (Å²) in [7, 11) is 0. The lowest BCUT2D eigenvalue weighted by Crippen LogP contribution is -2.34. The molecule has 4 nitrogen and oxygen atoms in total. The van der Waals surface area contributed by atoms with Crippen molar-refractivity contribution >= 4 is 0 Å². The molecular weight excluding hydrogens is 214 g/mol. The molecule has 0 aliphatic heterocycles. The molecule has 1 aliphatic rings. The molecule has 17 heavy (non-hydrogen) atoms. The minimum absolute atomic E-state index is 0.287. The highest BCUT2D eigenvalue weighted by atomic mass is 16.5. The van der Waals surface area contributed by atoms with E-state index >= 15 is 0 Å². The van der Waals surface area contributed by atoms with Crippen molar-refractivity contribution in [2.45, 2.75) is 64.3 Å². The Balaban J connectivity index is 1.98. The lowest BCUT2D eigenvalue weighted by atomic mass is 9.83. The number of nitrogens with zero attached hydrogens (tertiary/aromatic N) is 2. The first-order chi connectivity index (χ1) is 7.94. The second kappa shape index (κ2) is 4.77. The molecule has 1 aromatic heterocycles. The molecule has 0 aromatic carbocycles. The summed E-state index contributed by atoms with van der Waals surface area (Å²) < 4.78 is 5.28. The van der Waals surface area contributed by atoms with Crippen LogP contribution in [0, 0.1) is 5.92 Å². The van der Waals surface area contributed by atoms with Crippen molar-refractivity contribution in [1.29, 1.82) is 0 Å². The Morgan fingerprint density at radius 3 is 2.53 bits per heavy atom. The van der Waals surface area contributed by atoms with Crippen LogP contribution < -0.4 is 5.73 Å². The largest absolute Gasteiger partial charge is 0.339 e. The Bertz CT molecular complexity index is 359. The maximum atomic E-state index is 5.95. The molecule has 2 N–H and O–H groups in total. The molecule has 1 aliphatic carbocycles. The van der Waals surface area contributed by atoms with Crippen LogP contribution in [0.15, 0.2) is 4.52 Å². The lowest BCUT2D eigenvalue weighted by molar-refractivity contribution is 0.318. The zero-order chi connectivity index (χ0) is 12.5. The van der Waals surface area contributed by atoms with Gasteiger partial charge in [0.25, 0.3) is 0 Å². The van der Waals surface area contributed by atoms with Gasteiger partial charge in [-0.1, -0.05) is 24.9 Å². The van der Waals surface area contributed by atoms with Crippen LogP contribution in [0.3, 0.4) is 0 Å². The predicted molar refractivity (Wildman–Crippen MR) is 66.6 cm³/mol. The van der Waals surface area contributed by atoms with E-state index in [4.69, 9.17) is 10.3 Å². The highest BCUT2D eigenvalue weighted by Crippen LogP contribution is 2.34. The van der Waals surface area contributed by atoms with Crippen molar-refractivity contribution in [3.63, 3.8) is 0 Å². The summed E-state index contributed by atoms with van der Waals surface area (Å²) in [5.41, 5.74) is 5.66. The number of aromatic nitrogens is 2. The monoisotopic (exact) mass is 237 g/mol. The van der Waals surface area contributed by atoms with E-state index in [1.165, 1.54) is 25.7 Å². The van der Waals surface area contributed by atoms with Crippen molar-refractivity contribution < 1.29 is 4.52 Å². The molecule has 0 bridgehead atoms. The molecule has 1 saturated carbocycles. The Kier molecular flexibility index (Phi) is 3.52. The SMILES string of the molecule is CC1CCC(c2noc(CC(C)(C)N)n2)CC1. The van der Waals surface area contributed by atoms with Gasteiger partial charge in [-0.25, -0.2) is 0 Å². The summed E-state index contributed by atoms with van der Waals surface area (Å²) in [6.45, 7) is 6.26. The van der Waals surface area contributed by atoms with Gasteiger partial charge in [-0.05, 0) is 32.6 Å². The Hall–Kier alpha value is -0.900. The Morgan fingerprint density at radius 1 is 1.29 bits per heavy atom.